The first-order chi connectivity index (χ1) is 17.3. The summed E-state index contributed by atoms with van der Waals surface area (Å²) in [7, 11) is 2.94. The van der Waals surface area contributed by atoms with Crippen molar-refractivity contribution < 1.29 is 23.8 Å². The lowest BCUT2D eigenvalue weighted by Gasteiger charge is -2.29. The molecule has 1 aliphatic heterocycles. The van der Waals surface area contributed by atoms with Crippen LogP contribution in [0.2, 0.25) is 5.02 Å². The molecule has 1 N–H and O–H groups in total. The Balaban J connectivity index is 1.85. The Morgan fingerprint density at radius 1 is 1.33 bits per heavy atom. The lowest BCUT2D eigenvalue weighted by atomic mass is 9.81. The van der Waals surface area contributed by atoms with E-state index in [9.17, 15) is 14.9 Å². The number of allylic oxidation sites excluding steroid dienone is 1. The molecule has 1 aromatic heterocycles. The van der Waals surface area contributed by atoms with Gasteiger partial charge in [-0.05, 0) is 18.4 Å². The number of nitrogens with zero attached hydrogens (tertiary/aromatic N) is 2. The van der Waals surface area contributed by atoms with Crippen LogP contribution >= 0.6 is 34.7 Å². The number of aliphatic imine (C=N–C) groups is 1. The Kier molecular flexibility index (Phi) is 9.58. The van der Waals surface area contributed by atoms with E-state index in [0.717, 1.165) is 16.6 Å². The predicted molar refractivity (Wildman–Crippen MR) is 143 cm³/mol. The van der Waals surface area contributed by atoms with Crippen LogP contribution < -0.4 is 14.8 Å². The van der Waals surface area contributed by atoms with Gasteiger partial charge in [0, 0.05) is 28.6 Å². The minimum absolute atomic E-state index is 0.0336. The van der Waals surface area contributed by atoms with Gasteiger partial charge >= 0.3 is 5.97 Å². The SMILES string of the molecule is C=CCOC(=O)C1C(C)=NC(SCC(=O)Nc2cc(OC)c(Cl)cc2OC)=C(C#N)[C@@H]1c1cccs1. The van der Waals surface area contributed by atoms with E-state index in [1.54, 1.807) is 19.1 Å². The van der Waals surface area contributed by atoms with Crippen LogP contribution in [0.25, 0.3) is 0 Å². The highest BCUT2D eigenvalue weighted by Gasteiger charge is 2.41. The number of hydrogen-bond donors (Lipinski definition) is 1. The fourth-order valence-electron chi connectivity index (χ4n) is 3.65. The van der Waals surface area contributed by atoms with Gasteiger partial charge < -0.3 is 19.5 Å². The molecule has 1 aliphatic rings. The molecule has 2 aromatic rings. The van der Waals surface area contributed by atoms with E-state index in [1.165, 1.54) is 31.6 Å². The second kappa shape index (κ2) is 12.6. The van der Waals surface area contributed by atoms with Crippen molar-refractivity contribution in [1.82, 2.24) is 0 Å². The zero-order valence-electron chi connectivity index (χ0n) is 19.9. The number of carbonyl (C=O) groups is 2. The standard InChI is InChI=1S/C25H24ClN3O5S2/c1-5-8-34-25(31)22-14(2)28-24(15(12-27)23(22)20-7-6-9-35-20)36-13-21(30)29-17-11-18(32-3)16(26)10-19(17)33-4/h5-7,9-11,22-23H,1,8,13H2,2-4H3,(H,29,30)/t22?,23-/m1/s1. The van der Waals surface area contributed by atoms with Gasteiger partial charge in [0.25, 0.3) is 0 Å². The summed E-state index contributed by atoms with van der Waals surface area (Å²) in [4.78, 5) is 31.0. The maximum Gasteiger partial charge on any atom is 0.316 e. The number of nitriles is 1. The van der Waals surface area contributed by atoms with Gasteiger partial charge in [-0.15, -0.1) is 11.3 Å². The van der Waals surface area contributed by atoms with Gasteiger partial charge in [0.15, 0.2) is 0 Å². The molecular formula is C25H24ClN3O5S2. The number of methoxy groups -OCH3 is 2. The summed E-state index contributed by atoms with van der Waals surface area (Å²) in [6.07, 6.45) is 1.49. The lowest BCUT2D eigenvalue weighted by Crippen LogP contribution is -2.34. The third-order valence-electron chi connectivity index (χ3n) is 5.26. The average Bonchev–Trinajstić information content (AvgIpc) is 3.41. The number of hydrogen-bond acceptors (Lipinski definition) is 9. The first-order valence-corrected chi connectivity index (χ1v) is 12.9. The minimum Gasteiger partial charge on any atom is -0.495 e. The Morgan fingerprint density at radius 2 is 2.08 bits per heavy atom. The summed E-state index contributed by atoms with van der Waals surface area (Å²) in [6, 6.07) is 9.06. The fraction of sp³-hybridized carbons (Fsp3) is 0.280. The molecule has 36 heavy (non-hydrogen) atoms. The van der Waals surface area contributed by atoms with E-state index >= 15 is 0 Å². The number of ether oxygens (including phenoxy) is 3. The van der Waals surface area contributed by atoms with Gasteiger partial charge in [-0.25, -0.2) is 4.99 Å². The highest BCUT2D eigenvalue weighted by atomic mass is 35.5. The Morgan fingerprint density at radius 3 is 2.69 bits per heavy atom. The summed E-state index contributed by atoms with van der Waals surface area (Å²) in [5.41, 5.74) is 1.21. The van der Waals surface area contributed by atoms with Gasteiger partial charge in [-0.2, -0.15) is 5.26 Å². The molecule has 0 radical (unpaired) electrons. The molecule has 188 valence electrons. The van der Waals surface area contributed by atoms with Crippen LogP contribution in [-0.2, 0) is 14.3 Å². The molecule has 1 amide bonds. The molecule has 0 aliphatic carbocycles. The molecule has 2 atom stereocenters. The summed E-state index contributed by atoms with van der Waals surface area (Å²) in [5.74, 6) is -1.41. The Bertz CT molecular complexity index is 1250. The summed E-state index contributed by atoms with van der Waals surface area (Å²) in [5, 5.41) is 15.4. The van der Waals surface area contributed by atoms with Crippen LogP contribution in [-0.4, -0.2) is 44.2 Å². The molecule has 2 heterocycles. The van der Waals surface area contributed by atoms with Crippen molar-refractivity contribution in [3.8, 4) is 17.6 Å². The number of halogens is 1. The van der Waals surface area contributed by atoms with Crippen molar-refractivity contribution in [2.45, 2.75) is 12.8 Å². The van der Waals surface area contributed by atoms with Crippen LogP contribution in [0.1, 0.15) is 17.7 Å². The maximum atomic E-state index is 12.9. The number of carbonyl (C=O) groups excluding carboxylic acids is 2. The lowest BCUT2D eigenvalue weighted by molar-refractivity contribution is -0.145. The minimum atomic E-state index is -0.748. The monoisotopic (exact) mass is 545 g/mol. The molecule has 8 nitrogen and oxygen atoms in total. The molecule has 0 saturated carbocycles. The quantitative estimate of drug-likeness (QED) is 0.313. The smallest absolute Gasteiger partial charge is 0.316 e. The van der Waals surface area contributed by atoms with Crippen molar-refractivity contribution in [3.05, 3.63) is 62.8 Å². The van der Waals surface area contributed by atoms with E-state index < -0.39 is 17.8 Å². The second-order valence-corrected chi connectivity index (χ2v) is 9.85. The highest BCUT2D eigenvalue weighted by molar-refractivity contribution is 8.03. The summed E-state index contributed by atoms with van der Waals surface area (Å²) in [6.45, 7) is 5.36. The molecule has 1 aromatic carbocycles. The second-order valence-electron chi connectivity index (χ2n) is 7.50. The number of amides is 1. The predicted octanol–water partition coefficient (Wildman–Crippen LogP) is 5.43. The number of anilines is 1. The van der Waals surface area contributed by atoms with Crippen molar-refractivity contribution in [1.29, 1.82) is 5.26 Å². The number of benzene rings is 1. The van der Waals surface area contributed by atoms with Crippen LogP contribution in [0.5, 0.6) is 11.5 Å². The van der Waals surface area contributed by atoms with Crippen LogP contribution in [0.15, 0.2) is 57.9 Å². The third kappa shape index (κ3) is 6.10. The van der Waals surface area contributed by atoms with E-state index in [1.807, 2.05) is 17.5 Å². The first kappa shape index (κ1) is 27.3. The largest absolute Gasteiger partial charge is 0.495 e. The number of thiophene rings is 1. The highest BCUT2D eigenvalue weighted by Crippen LogP contribution is 2.44. The van der Waals surface area contributed by atoms with Gasteiger partial charge in [0.2, 0.25) is 5.91 Å². The van der Waals surface area contributed by atoms with E-state index in [2.05, 4.69) is 23.0 Å². The van der Waals surface area contributed by atoms with Crippen molar-refractivity contribution in [2.75, 3.05) is 31.9 Å². The maximum absolute atomic E-state index is 12.9. The molecule has 3 rings (SSSR count). The molecular weight excluding hydrogens is 522 g/mol. The zero-order valence-corrected chi connectivity index (χ0v) is 22.3. The van der Waals surface area contributed by atoms with Crippen molar-refractivity contribution in [2.24, 2.45) is 10.9 Å². The molecule has 11 heteroatoms. The number of rotatable bonds is 10. The van der Waals surface area contributed by atoms with E-state index in [4.69, 9.17) is 25.8 Å². The van der Waals surface area contributed by atoms with Crippen LogP contribution in [0, 0.1) is 17.2 Å². The van der Waals surface area contributed by atoms with Crippen LogP contribution in [0.4, 0.5) is 5.69 Å². The van der Waals surface area contributed by atoms with Crippen molar-refractivity contribution >= 4 is 58.0 Å². The van der Waals surface area contributed by atoms with Gasteiger partial charge in [0.1, 0.15) is 29.1 Å². The number of nitrogens with one attached hydrogen (secondary N) is 1. The molecule has 0 fully saturated rings. The first-order valence-electron chi connectivity index (χ1n) is 10.7. The van der Waals surface area contributed by atoms with Gasteiger partial charge in [-0.1, -0.05) is 42.1 Å². The van der Waals surface area contributed by atoms with Crippen molar-refractivity contribution in [3.63, 3.8) is 0 Å². The fourth-order valence-corrected chi connectivity index (χ4v) is 5.63. The topological polar surface area (TPSA) is 110 Å². The third-order valence-corrected chi connectivity index (χ3v) is 7.50. The molecule has 1 unspecified atom stereocenters. The molecule has 0 saturated heterocycles. The summed E-state index contributed by atoms with van der Waals surface area (Å²) < 4.78 is 15.8. The molecule has 0 bridgehead atoms. The van der Waals surface area contributed by atoms with Crippen LogP contribution in [0.3, 0.4) is 0 Å². The zero-order chi connectivity index (χ0) is 26.2. The number of esters is 1. The number of thioether (sulfide) groups is 1. The summed E-state index contributed by atoms with van der Waals surface area (Å²) >= 11 is 8.69. The van der Waals surface area contributed by atoms with Gasteiger partial charge in [0.05, 0.1) is 42.3 Å². The van der Waals surface area contributed by atoms with Gasteiger partial charge in [-0.3, -0.25) is 9.59 Å². The van der Waals surface area contributed by atoms with E-state index in [0.29, 0.717) is 38.5 Å². The van der Waals surface area contributed by atoms with E-state index in [-0.39, 0.29) is 18.3 Å². The molecule has 0 spiro atoms. The average molecular weight is 546 g/mol. The Labute approximate surface area is 222 Å². The Hall–Kier alpha value is -3.26. The normalized spacial score (nSPS) is 17.0.